The summed E-state index contributed by atoms with van der Waals surface area (Å²) in [6.45, 7) is 2.37. The van der Waals surface area contributed by atoms with Gasteiger partial charge in [0.05, 0.1) is 15.6 Å². The first-order valence-electron chi connectivity index (χ1n) is 6.00. The highest BCUT2D eigenvalue weighted by Crippen LogP contribution is 2.30. The predicted octanol–water partition coefficient (Wildman–Crippen LogP) is 2.45. The number of hydrogen-bond donors (Lipinski definition) is 1. The van der Waals surface area contributed by atoms with Crippen LogP contribution in [0, 0.1) is 17.0 Å². The fraction of sp³-hybridized carbons (Fsp3) is 0.333. The molecular weight excluding hydrogens is 326 g/mol. The van der Waals surface area contributed by atoms with Crippen molar-refractivity contribution in [2.24, 2.45) is 7.05 Å². The van der Waals surface area contributed by atoms with Crippen molar-refractivity contribution in [1.82, 2.24) is 14.8 Å². The summed E-state index contributed by atoms with van der Waals surface area (Å²) in [5, 5.41) is 18.1. The minimum atomic E-state index is -0.438. The average molecular weight is 340 g/mol. The van der Waals surface area contributed by atoms with Crippen LogP contribution in [0.5, 0.6) is 0 Å². The molecule has 0 atom stereocenters. The summed E-state index contributed by atoms with van der Waals surface area (Å²) < 4.78 is 2.37. The zero-order valence-electron chi connectivity index (χ0n) is 11.1. The van der Waals surface area contributed by atoms with Gasteiger partial charge in [-0.25, -0.2) is 4.98 Å². The minimum Gasteiger partial charge on any atom is -0.369 e. The maximum atomic E-state index is 10.8. The maximum absolute atomic E-state index is 10.8. The van der Waals surface area contributed by atoms with Gasteiger partial charge in [0.15, 0.2) is 0 Å². The number of anilines is 1. The number of hydrogen-bond acceptors (Lipinski definition) is 5. The first-order chi connectivity index (χ1) is 9.49. The van der Waals surface area contributed by atoms with Gasteiger partial charge in [-0.1, -0.05) is 0 Å². The Morgan fingerprint density at radius 1 is 1.50 bits per heavy atom. The molecule has 0 fully saturated rings. The highest BCUT2D eigenvalue weighted by molar-refractivity contribution is 9.10. The van der Waals surface area contributed by atoms with Crippen molar-refractivity contribution in [3.8, 4) is 0 Å². The van der Waals surface area contributed by atoms with E-state index in [0.717, 1.165) is 12.0 Å². The highest BCUT2D eigenvalue weighted by Gasteiger charge is 2.16. The SMILES string of the molecule is Cc1c([N+](=O)[O-])cnc(NCCc2cnn(C)c2)c1Br. The Kier molecular flexibility index (Phi) is 4.33. The van der Waals surface area contributed by atoms with Crippen LogP contribution in [0.3, 0.4) is 0 Å². The molecule has 20 heavy (non-hydrogen) atoms. The molecule has 8 heteroatoms. The quantitative estimate of drug-likeness (QED) is 0.667. The summed E-state index contributed by atoms with van der Waals surface area (Å²) in [6, 6.07) is 0. The fourth-order valence-electron chi connectivity index (χ4n) is 1.80. The number of nitro groups is 1. The molecule has 0 aliphatic rings. The van der Waals surface area contributed by atoms with Gasteiger partial charge in [0.1, 0.15) is 12.0 Å². The van der Waals surface area contributed by atoms with Gasteiger partial charge in [-0.2, -0.15) is 5.10 Å². The van der Waals surface area contributed by atoms with Crippen LogP contribution in [0.1, 0.15) is 11.1 Å². The monoisotopic (exact) mass is 339 g/mol. The zero-order chi connectivity index (χ0) is 14.7. The third-order valence-electron chi connectivity index (χ3n) is 2.90. The van der Waals surface area contributed by atoms with E-state index in [0.29, 0.717) is 22.4 Å². The molecule has 1 N–H and O–H groups in total. The molecule has 0 aliphatic carbocycles. The molecule has 2 aromatic heterocycles. The second-order valence-electron chi connectivity index (χ2n) is 4.39. The van der Waals surface area contributed by atoms with Crippen LogP contribution in [0.4, 0.5) is 11.5 Å². The van der Waals surface area contributed by atoms with Crippen molar-refractivity contribution in [1.29, 1.82) is 0 Å². The summed E-state index contributed by atoms with van der Waals surface area (Å²) in [5.41, 5.74) is 1.69. The molecule has 2 rings (SSSR count). The summed E-state index contributed by atoms with van der Waals surface area (Å²) in [7, 11) is 1.87. The van der Waals surface area contributed by atoms with E-state index in [1.165, 1.54) is 6.20 Å². The molecule has 0 saturated carbocycles. The van der Waals surface area contributed by atoms with Crippen LogP contribution in [-0.2, 0) is 13.5 Å². The molecule has 0 unspecified atom stereocenters. The first kappa shape index (κ1) is 14.4. The van der Waals surface area contributed by atoms with E-state index in [-0.39, 0.29) is 5.69 Å². The zero-order valence-corrected chi connectivity index (χ0v) is 12.7. The Balaban J connectivity index is 2.03. The topological polar surface area (TPSA) is 85.9 Å². The van der Waals surface area contributed by atoms with Crippen LogP contribution >= 0.6 is 15.9 Å². The van der Waals surface area contributed by atoms with Gasteiger partial charge in [0.2, 0.25) is 0 Å². The minimum absolute atomic E-state index is 0.00897. The molecule has 0 saturated heterocycles. The molecule has 2 aromatic rings. The maximum Gasteiger partial charge on any atom is 0.291 e. The van der Waals surface area contributed by atoms with E-state index >= 15 is 0 Å². The number of nitrogens with one attached hydrogen (secondary N) is 1. The van der Waals surface area contributed by atoms with E-state index in [1.54, 1.807) is 11.6 Å². The van der Waals surface area contributed by atoms with E-state index in [1.807, 2.05) is 19.4 Å². The highest BCUT2D eigenvalue weighted by atomic mass is 79.9. The van der Waals surface area contributed by atoms with E-state index < -0.39 is 4.92 Å². The Labute approximate surface area is 124 Å². The lowest BCUT2D eigenvalue weighted by atomic mass is 10.2. The van der Waals surface area contributed by atoms with Crippen molar-refractivity contribution < 1.29 is 4.92 Å². The molecular formula is C12H14BrN5O2. The van der Waals surface area contributed by atoms with Crippen molar-refractivity contribution >= 4 is 27.4 Å². The normalized spacial score (nSPS) is 10.6. The smallest absolute Gasteiger partial charge is 0.291 e. The second kappa shape index (κ2) is 6.00. The number of aryl methyl sites for hydroxylation is 1. The molecule has 0 aromatic carbocycles. The summed E-state index contributed by atoms with van der Waals surface area (Å²) in [6.07, 6.45) is 5.83. The molecule has 0 spiro atoms. The molecule has 0 amide bonds. The van der Waals surface area contributed by atoms with Crippen LogP contribution in [0.15, 0.2) is 23.1 Å². The van der Waals surface area contributed by atoms with Gasteiger partial charge < -0.3 is 5.32 Å². The van der Waals surface area contributed by atoms with Crippen LogP contribution < -0.4 is 5.32 Å². The van der Waals surface area contributed by atoms with Crippen molar-refractivity contribution in [2.45, 2.75) is 13.3 Å². The fourth-order valence-corrected chi connectivity index (χ4v) is 2.25. The van der Waals surface area contributed by atoms with E-state index in [4.69, 9.17) is 0 Å². The van der Waals surface area contributed by atoms with Crippen LogP contribution in [0.25, 0.3) is 0 Å². The predicted molar refractivity (Wildman–Crippen MR) is 78.7 cm³/mol. The summed E-state index contributed by atoms with van der Waals surface area (Å²) in [5.74, 6) is 0.608. The third kappa shape index (κ3) is 3.13. The van der Waals surface area contributed by atoms with Gasteiger partial charge in [0.25, 0.3) is 5.69 Å². The Bertz CT molecular complexity index is 641. The number of pyridine rings is 1. The standard InChI is InChI=1S/C12H14BrN5O2/c1-8-10(18(19)20)6-15-12(11(8)13)14-4-3-9-5-16-17(2)7-9/h5-7H,3-4H2,1-2H3,(H,14,15). The van der Waals surface area contributed by atoms with Gasteiger partial charge >= 0.3 is 0 Å². The summed E-state index contributed by atoms with van der Waals surface area (Å²) in [4.78, 5) is 14.4. The lowest BCUT2D eigenvalue weighted by molar-refractivity contribution is -0.385. The van der Waals surface area contributed by atoms with Crippen molar-refractivity contribution in [2.75, 3.05) is 11.9 Å². The second-order valence-corrected chi connectivity index (χ2v) is 5.18. The van der Waals surface area contributed by atoms with Gasteiger partial charge in [-0.05, 0) is 34.8 Å². The Morgan fingerprint density at radius 2 is 2.25 bits per heavy atom. The number of rotatable bonds is 5. The van der Waals surface area contributed by atoms with Crippen LogP contribution in [-0.4, -0.2) is 26.2 Å². The average Bonchev–Trinajstić information content (AvgIpc) is 2.80. The Hall–Kier alpha value is -1.96. The molecule has 0 bridgehead atoms. The molecule has 7 nitrogen and oxygen atoms in total. The third-order valence-corrected chi connectivity index (χ3v) is 3.87. The molecule has 2 heterocycles. The van der Waals surface area contributed by atoms with Crippen molar-refractivity contribution in [3.05, 3.63) is 44.3 Å². The van der Waals surface area contributed by atoms with Gasteiger partial charge in [-0.3, -0.25) is 14.8 Å². The molecule has 0 radical (unpaired) electrons. The first-order valence-corrected chi connectivity index (χ1v) is 6.79. The van der Waals surface area contributed by atoms with E-state index in [2.05, 4.69) is 31.3 Å². The molecule has 0 aliphatic heterocycles. The lowest BCUT2D eigenvalue weighted by Gasteiger charge is -2.08. The molecule has 106 valence electrons. The van der Waals surface area contributed by atoms with Gasteiger partial charge in [0, 0.05) is 25.4 Å². The van der Waals surface area contributed by atoms with Gasteiger partial charge in [-0.15, -0.1) is 0 Å². The number of halogens is 1. The summed E-state index contributed by atoms with van der Waals surface area (Å²) >= 11 is 3.34. The largest absolute Gasteiger partial charge is 0.369 e. The van der Waals surface area contributed by atoms with E-state index in [9.17, 15) is 10.1 Å². The number of nitrogens with zero attached hydrogens (tertiary/aromatic N) is 4. The Morgan fingerprint density at radius 3 is 2.85 bits per heavy atom. The lowest BCUT2D eigenvalue weighted by Crippen LogP contribution is -2.08. The number of aromatic nitrogens is 3. The van der Waals surface area contributed by atoms with Crippen LogP contribution in [0.2, 0.25) is 0 Å². The van der Waals surface area contributed by atoms with Crippen molar-refractivity contribution in [3.63, 3.8) is 0 Å².